The molecular weight excluding hydrogens is 534 g/mol. The van der Waals surface area contributed by atoms with Crippen LogP contribution in [-0.2, 0) is 32.6 Å². The summed E-state index contributed by atoms with van der Waals surface area (Å²) >= 11 is 0. The molecule has 2 amide bonds. The Kier molecular flexibility index (Phi) is 9.15. The summed E-state index contributed by atoms with van der Waals surface area (Å²) in [6.07, 6.45) is 0.237. The number of rotatable bonds is 12. The second kappa shape index (κ2) is 12.7. The number of fused-ring (bicyclic) bond motifs is 1. The maximum atomic E-state index is 14.1. The van der Waals surface area contributed by atoms with E-state index in [4.69, 9.17) is 14.2 Å². The molecule has 0 aromatic heterocycles. The number of benzene rings is 3. The maximum Gasteiger partial charge on any atom is 0.244 e. The van der Waals surface area contributed by atoms with Gasteiger partial charge in [0.15, 0.2) is 11.5 Å². The molecule has 1 N–H and O–H groups in total. The molecule has 0 fully saturated rings. The third-order valence-electron chi connectivity index (χ3n) is 6.63. The lowest BCUT2D eigenvalue weighted by atomic mass is 10.0. The SMILES string of the molecule is CCS(=O)(=O)N(CC(=O)N(Cc1cccc(OC)c1)C(Cc1ccccc1)C(=O)NC)c1ccc2c(c1)OCO2. The van der Waals surface area contributed by atoms with E-state index in [1.165, 1.54) is 24.9 Å². The predicted octanol–water partition coefficient (Wildman–Crippen LogP) is 2.97. The fourth-order valence-electron chi connectivity index (χ4n) is 4.45. The normalized spacial score (nSPS) is 12.9. The van der Waals surface area contributed by atoms with E-state index >= 15 is 0 Å². The third-order valence-corrected chi connectivity index (χ3v) is 8.37. The highest BCUT2D eigenvalue weighted by Crippen LogP contribution is 2.36. The molecule has 3 aromatic rings. The van der Waals surface area contributed by atoms with Crippen LogP contribution in [0.2, 0.25) is 0 Å². The van der Waals surface area contributed by atoms with Crippen molar-refractivity contribution >= 4 is 27.5 Å². The van der Waals surface area contributed by atoms with Crippen molar-refractivity contribution < 1.29 is 32.2 Å². The van der Waals surface area contributed by atoms with Crippen LogP contribution < -0.4 is 23.8 Å². The van der Waals surface area contributed by atoms with Crippen molar-refractivity contribution in [2.45, 2.75) is 25.9 Å². The number of ether oxygens (including phenoxy) is 3. The van der Waals surface area contributed by atoms with E-state index in [1.807, 2.05) is 36.4 Å². The molecule has 0 saturated heterocycles. The van der Waals surface area contributed by atoms with Gasteiger partial charge in [0.2, 0.25) is 28.6 Å². The van der Waals surface area contributed by atoms with Crippen molar-refractivity contribution in [3.05, 3.63) is 83.9 Å². The zero-order valence-electron chi connectivity index (χ0n) is 22.7. The summed E-state index contributed by atoms with van der Waals surface area (Å²) in [5.41, 5.74) is 1.84. The average Bonchev–Trinajstić information content (AvgIpc) is 3.45. The van der Waals surface area contributed by atoms with E-state index < -0.39 is 28.5 Å². The minimum absolute atomic E-state index is 0.0276. The molecular formula is C29H33N3O7S. The second-order valence-corrected chi connectivity index (χ2v) is 11.3. The first kappa shape index (κ1) is 28.8. The van der Waals surface area contributed by atoms with E-state index in [9.17, 15) is 18.0 Å². The fourth-order valence-corrected chi connectivity index (χ4v) is 5.50. The van der Waals surface area contributed by atoms with E-state index in [2.05, 4.69) is 5.32 Å². The molecule has 0 bridgehead atoms. The highest BCUT2D eigenvalue weighted by atomic mass is 32.2. The molecule has 1 aliphatic heterocycles. The van der Waals surface area contributed by atoms with E-state index in [-0.39, 0.29) is 37.1 Å². The topological polar surface area (TPSA) is 114 Å². The van der Waals surface area contributed by atoms with Crippen molar-refractivity contribution in [2.75, 3.05) is 37.6 Å². The zero-order valence-corrected chi connectivity index (χ0v) is 23.5. The van der Waals surface area contributed by atoms with Crippen LogP contribution in [0.25, 0.3) is 0 Å². The molecule has 212 valence electrons. The number of sulfonamides is 1. The molecule has 10 nitrogen and oxygen atoms in total. The Bertz CT molecular complexity index is 1450. The van der Waals surface area contributed by atoms with Gasteiger partial charge < -0.3 is 24.4 Å². The van der Waals surface area contributed by atoms with Crippen molar-refractivity contribution in [1.82, 2.24) is 10.2 Å². The number of likely N-dealkylation sites (N-methyl/N-ethyl adjacent to an activating group) is 1. The summed E-state index contributed by atoms with van der Waals surface area (Å²) in [5, 5.41) is 2.66. The number of hydrogen-bond acceptors (Lipinski definition) is 7. The van der Waals surface area contributed by atoms with Gasteiger partial charge in [-0.15, -0.1) is 0 Å². The number of hydrogen-bond donors (Lipinski definition) is 1. The maximum absolute atomic E-state index is 14.1. The molecule has 0 radical (unpaired) electrons. The summed E-state index contributed by atoms with van der Waals surface area (Å²) in [6.45, 7) is 1.08. The smallest absolute Gasteiger partial charge is 0.244 e. The molecule has 1 aliphatic rings. The van der Waals surface area contributed by atoms with Crippen LogP contribution in [-0.4, -0.2) is 64.4 Å². The van der Waals surface area contributed by atoms with Gasteiger partial charge in [0.1, 0.15) is 18.3 Å². The number of carbonyl (C=O) groups excluding carboxylic acids is 2. The molecule has 40 heavy (non-hydrogen) atoms. The molecule has 0 aliphatic carbocycles. The van der Waals surface area contributed by atoms with Gasteiger partial charge in [-0.1, -0.05) is 42.5 Å². The minimum atomic E-state index is -3.88. The van der Waals surface area contributed by atoms with E-state index in [0.29, 0.717) is 17.2 Å². The Hall–Kier alpha value is -4.25. The van der Waals surface area contributed by atoms with Gasteiger partial charge in [-0.25, -0.2) is 8.42 Å². The van der Waals surface area contributed by atoms with Crippen molar-refractivity contribution in [2.24, 2.45) is 0 Å². The largest absolute Gasteiger partial charge is 0.497 e. The van der Waals surface area contributed by atoms with Crippen LogP contribution in [0.1, 0.15) is 18.1 Å². The molecule has 0 saturated carbocycles. The highest BCUT2D eigenvalue weighted by Gasteiger charge is 2.33. The lowest BCUT2D eigenvalue weighted by Gasteiger charge is -2.33. The van der Waals surface area contributed by atoms with Crippen LogP contribution >= 0.6 is 0 Å². The summed E-state index contributed by atoms with van der Waals surface area (Å²) in [4.78, 5) is 28.7. The van der Waals surface area contributed by atoms with Crippen molar-refractivity contribution in [3.8, 4) is 17.2 Å². The quantitative estimate of drug-likeness (QED) is 0.358. The van der Waals surface area contributed by atoms with Crippen LogP contribution in [0, 0.1) is 0 Å². The third kappa shape index (κ3) is 6.66. The van der Waals surface area contributed by atoms with Gasteiger partial charge in [-0.2, -0.15) is 0 Å². The Morgan fingerprint density at radius 2 is 1.70 bits per heavy atom. The van der Waals surface area contributed by atoms with Gasteiger partial charge in [0, 0.05) is 26.1 Å². The van der Waals surface area contributed by atoms with Crippen LogP contribution in [0.15, 0.2) is 72.8 Å². The van der Waals surface area contributed by atoms with Gasteiger partial charge in [-0.05, 0) is 42.3 Å². The highest BCUT2D eigenvalue weighted by molar-refractivity contribution is 7.92. The van der Waals surface area contributed by atoms with E-state index in [0.717, 1.165) is 15.4 Å². The summed E-state index contributed by atoms with van der Waals surface area (Å²) in [6, 6.07) is 20.3. The molecule has 1 heterocycles. The van der Waals surface area contributed by atoms with Crippen molar-refractivity contribution in [1.29, 1.82) is 0 Å². The number of methoxy groups -OCH3 is 1. The minimum Gasteiger partial charge on any atom is -0.497 e. The lowest BCUT2D eigenvalue weighted by Crippen LogP contribution is -2.53. The molecule has 0 spiro atoms. The van der Waals surface area contributed by atoms with Gasteiger partial charge in [0.05, 0.1) is 18.6 Å². The summed E-state index contributed by atoms with van der Waals surface area (Å²) in [7, 11) is -0.830. The molecule has 4 rings (SSSR count). The first-order valence-electron chi connectivity index (χ1n) is 12.8. The molecule has 3 aromatic carbocycles. The molecule has 1 atom stereocenters. The fraction of sp³-hybridized carbons (Fsp3) is 0.310. The lowest BCUT2D eigenvalue weighted by molar-refractivity contribution is -0.139. The van der Waals surface area contributed by atoms with Crippen molar-refractivity contribution in [3.63, 3.8) is 0 Å². The molecule has 11 heteroatoms. The Labute approximate surface area is 234 Å². The Morgan fingerprint density at radius 3 is 2.40 bits per heavy atom. The standard InChI is InChI=1S/C29H33N3O7S/c1-4-40(35,36)32(23-13-14-26-27(17-23)39-20-38-26)19-28(33)31(18-22-11-8-12-24(15-22)37-3)25(29(34)30-2)16-21-9-6-5-7-10-21/h5-15,17,25H,4,16,18-20H2,1-3H3,(H,30,34). The number of nitrogens with one attached hydrogen (secondary N) is 1. The van der Waals surface area contributed by atoms with Gasteiger partial charge in [-0.3, -0.25) is 13.9 Å². The Balaban J connectivity index is 1.73. The van der Waals surface area contributed by atoms with Crippen LogP contribution in [0.3, 0.4) is 0 Å². The number of nitrogens with zero attached hydrogens (tertiary/aromatic N) is 2. The van der Waals surface area contributed by atoms with Gasteiger partial charge in [0.25, 0.3) is 0 Å². The first-order chi connectivity index (χ1) is 19.2. The average molecular weight is 568 g/mol. The predicted molar refractivity (Wildman–Crippen MR) is 151 cm³/mol. The van der Waals surface area contributed by atoms with Crippen LogP contribution in [0.4, 0.5) is 5.69 Å². The van der Waals surface area contributed by atoms with E-state index in [1.54, 1.807) is 37.4 Å². The number of amides is 2. The number of anilines is 1. The first-order valence-corrected chi connectivity index (χ1v) is 14.4. The number of carbonyl (C=O) groups is 2. The summed E-state index contributed by atoms with van der Waals surface area (Å²) < 4.78 is 43.7. The van der Waals surface area contributed by atoms with Gasteiger partial charge >= 0.3 is 0 Å². The monoisotopic (exact) mass is 567 g/mol. The second-order valence-electron chi connectivity index (χ2n) is 9.14. The summed E-state index contributed by atoms with van der Waals surface area (Å²) in [5.74, 6) is 0.344. The van der Waals surface area contributed by atoms with Crippen LogP contribution in [0.5, 0.6) is 17.2 Å². The Morgan fingerprint density at radius 1 is 0.975 bits per heavy atom. The zero-order chi connectivity index (χ0) is 28.7. The molecule has 1 unspecified atom stereocenters.